The second-order valence-corrected chi connectivity index (χ2v) is 9.12. The molecule has 4 nitrogen and oxygen atoms in total. The molecule has 0 saturated carbocycles. The molecule has 0 spiro atoms. The molecule has 1 unspecified atom stereocenters. The number of hydrogen-bond donors (Lipinski definition) is 1. The van der Waals surface area contributed by atoms with E-state index in [9.17, 15) is 14.7 Å². The number of aliphatic hydroxyl groups excluding tert-OH is 1. The van der Waals surface area contributed by atoms with Crippen LogP contribution < -0.4 is 4.90 Å². The summed E-state index contributed by atoms with van der Waals surface area (Å²) in [6, 6.07) is 23.6. The van der Waals surface area contributed by atoms with Gasteiger partial charge in [0, 0.05) is 20.6 Å². The van der Waals surface area contributed by atoms with Crippen LogP contribution in [-0.4, -0.2) is 16.8 Å². The number of aliphatic hydroxyl groups is 1. The molecule has 1 aliphatic heterocycles. The van der Waals surface area contributed by atoms with E-state index in [0.717, 1.165) is 20.1 Å². The third kappa shape index (κ3) is 3.38. The van der Waals surface area contributed by atoms with Crippen LogP contribution in [0, 0.1) is 0 Å². The number of benzene rings is 3. The summed E-state index contributed by atoms with van der Waals surface area (Å²) in [7, 11) is 0. The molecule has 0 bridgehead atoms. The second-order valence-electron chi connectivity index (χ2n) is 7.23. The van der Waals surface area contributed by atoms with Crippen molar-refractivity contribution in [3.63, 3.8) is 0 Å². The van der Waals surface area contributed by atoms with Crippen molar-refractivity contribution in [1.29, 1.82) is 0 Å². The summed E-state index contributed by atoms with van der Waals surface area (Å²) in [4.78, 5) is 28.5. The Labute approximate surface area is 191 Å². The van der Waals surface area contributed by atoms with E-state index in [0.29, 0.717) is 11.3 Å². The van der Waals surface area contributed by atoms with Gasteiger partial charge in [-0.2, -0.15) is 0 Å². The first-order valence-electron chi connectivity index (χ1n) is 9.64. The lowest BCUT2D eigenvalue weighted by Gasteiger charge is -2.24. The van der Waals surface area contributed by atoms with Crippen molar-refractivity contribution in [2.24, 2.45) is 0 Å². The van der Waals surface area contributed by atoms with E-state index in [1.165, 1.54) is 16.2 Å². The molecule has 4 aromatic rings. The topological polar surface area (TPSA) is 57.6 Å². The lowest BCUT2D eigenvalue weighted by molar-refractivity contribution is -0.132. The highest BCUT2D eigenvalue weighted by molar-refractivity contribution is 9.10. The van der Waals surface area contributed by atoms with E-state index >= 15 is 0 Å². The molecule has 1 fully saturated rings. The number of ketones is 1. The van der Waals surface area contributed by atoms with Crippen molar-refractivity contribution in [2.45, 2.75) is 6.04 Å². The fraction of sp³-hybridized carbons (Fsp3) is 0.0400. The van der Waals surface area contributed by atoms with Gasteiger partial charge in [-0.1, -0.05) is 64.5 Å². The zero-order chi connectivity index (χ0) is 21.5. The molecule has 1 saturated heterocycles. The average molecular weight is 490 g/mol. The number of nitrogens with zero attached hydrogens (tertiary/aromatic N) is 1. The Bertz CT molecular complexity index is 1360. The molecule has 1 atom stereocenters. The van der Waals surface area contributed by atoms with Crippen LogP contribution >= 0.6 is 27.3 Å². The van der Waals surface area contributed by atoms with Crippen LogP contribution in [0.25, 0.3) is 16.5 Å². The van der Waals surface area contributed by atoms with Crippen molar-refractivity contribution in [2.75, 3.05) is 4.90 Å². The highest BCUT2D eigenvalue weighted by Gasteiger charge is 2.47. The van der Waals surface area contributed by atoms with Gasteiger partial charge < -0.3 is 5.11 Å². The first kappa shape index (κ1) is 19.7. The number of amides is 1. The minimum Gasteiger partial charge on any atom is -0.507 e. The molecule has 2 heterocycles. The quantitative estimate of drug-likeness (QED) is 0.209. The molecule has 1 aliphatic rings. The Hall–Kier alpha value is -3.22. The van der Waals surface area contributed by atoms with Crippen molar-refractivity contribution in [1.82, 2.24) is 0 Å². The molecule has 152 valence electrons. The highest BCUT2D eigenvalue weighted by atomic mass is 79.9. The predicted octanol–water partition coefficient (Wildman–Crippen LogP) is 6.29. The van der Waals surface area contributed by atoms with Gasteiger partial charge in [-0.15, -0.1) is 11.3 Å². The first-order chi connectivity index (χ1) is 15.0. The van der Waals surface area contributed by atoms with Crippen LogP contribution in [-0.2, 0) is 9.59 Å². The number of thiophene rings is 1. The zero-order valence-corrected chi connectivity index (χ0v) is 18.6. The largest absolute Gasteiger partial charge is 0.507 e. The molecule has 1 N–H and O–H groups in total. The zero-order valence-electron chi connectivity index (χ0n) is 16.2. The number of halogens is 1. The SMILES string of the molecule is O=C1C(=O)N(c2cccc(Br)c2)C(c2cccs2)/C1=C(/O)c1ccc2ccccc2c1. The van der Waals surface area contributed by atoms with Gasteiger partial charge in [-0.05, 0) is 46.5 Å². The molecule has 5 rings (SSSR count). The number of rotatable bonds is 3. The van der Waals surface area contributed by atoms with Crippen molar-refractivity contribution < 1.29 is 14.7 Å². The maximum atomic E-state index is 13.1. The second kappa shape index (κ2) is 7.80. The Morgan fingerprint density at radius 3 is 2.45 bits per heavy atom. The molecule has 3 aromatic carbocycles. The van der Waals surface area contributed by atoms with E-state index in [-0.39, 0.29) is 11.3 Å². The van der Waals surface area contributed by atoms with E-state index < -0.39 is 17.7 Å². The molecule has 6 heteroatoms. The monoisotopic (exact) mass is 489 g/mol. The van der Waals surface area contributed by atoms with Crippen molar-refractivity contribution >= 4 is 61.2 Å². The predicted molar refractivity (Wildman–Crippen MR) is 127 cm³/mol. The van der Waals surface area contributed by atoms with Crippen molar-refractivity contribution in [3.8, 4) is 0 Å². The number of hydrogen-bond acceptors (Lipinski definition) is 4. The summed E-state index contributed by atoms with van der Waals surface area (Å²) in [6.45, 7) is 0. The summed E-state index contributed by atoms with van der Waals surface area (Å²) in [5.41, 5.74) is 1.20. The molecule has 31 heavy (non-hydrogen) atoms. The minimum atomic E-state index is -0.694. The maximum Gasteiger partial charge on any atom is 0.300 e. The Morgan fingerprint density at radius 2 is 1.71 bits per heavy atom. The fourth-order valence-electron chi connectivity index (χ4n) is 3.93. The number of carbonyl (C=O) groups is 2. The smallest absolute Gasteiger partial charge is 0.300 e. The van der Waals surface area contributed by atoms with Gasteiger partial charge in [0.25, 0.3) is 11.7 Å². The summed E-state index contributed by atoms with van der Waals surface area (Å²) < 4.78 is 0.798. The number of carbonyl (C=O) groups excluding carboxylic acids is 2. The van der Waals surface area contributed by atoms with Gasteiger partial charge in [0.05, 0.1) is 5.57 Å². The Balaban J connectivity index is 1.72. The first-order valence-corrected chi connectivity index (χ1v) is 11.3. The normalized spacial score (nSPS) is 18.1. The van der Waals surface area contributed by atoms with Gasteiger partial charge >= 0.3 is 0 Å². The van der Waals surface area contributed by atoms with Crippen LogP contribution in [0.4, 0.5) is 5.69 Å². The van der Waals surface area contributed by atoms with Gasteiger partial charge in [0.1, 0.15) is 11.8 Å². The molecule has 1 aromatic heterocycles. The summed E-state index contributed by atoms with van der Waals surface area (Å²) in [5.74, 6) is -1.51. The van der Waals surface area contributed by atoms with Crippen LogP contribution in [0.3, 0.4) is 0 Å². The number of anilines is 1. The van der Waals surface area contributed by atoms with E-state index in [2.05, 4.69) is 15.9 Å². The van der Waals surface area contributed by atoms with Crippen LogP contribution in [0.1, 0.15) is 16.5 Å². The van der Waals surface area contributed by atoms with Crippen LogP contribution in [0.5, 0.6) is 0 Å². The average Bonchev–Trinajstić information content (AvgIpc) is 3.40. The Kier molecular flexibility index (Phi) is 4.96. The lowest BCUT2D eigenvalue weighted by Crippen LogP contribution is -2.29. The molecular weight excluding hydrogens is 474 g/mol. The van der Waals surface area contributed by atoms with Gasteiger partial charge in [0.15, 0.2) is 0 Å². The molecule has 0 radical (unpaired) electrons. The lowest BCUT2D eigenvalue weighted by atomic mass is 9.98. The van der Waals surface area contributed by atoms with Gasteiger partial charge in [-0.3, -0.25) is 14.5 Å². The maximum absolute atomic E-state index is 13.1. The molecule has 0 aliphatic carbocycles. The third-order valence-corrected chi connectivity index (χ3v) is 6.78. The van der Waals surface area contributed by atoms with Crippen LogP contribution in [0.2, 0.25) is 0 Å². The molecular formula is C25H16BrNO3S. The fourth-order valence-corrected chi connectivity index (χ4v) is 5.14. The van der Waals surface area contributed by atoms with Crippen molar-refractivity contribution in [3.05, 3.63) is 105 Å². The third-order valence-electron chi connectivity index (χ3n) is 5.37. The number of Topliss-reactive ketones (excluding diaryl/α,β-unsaturated/α-hetero) is 1. The minimum absolute atomic E-state index is 0.0997. The van der Waals surface area contributed by atoms with Gasteiger partial charge in [0.2, 0.25) is 0 Å². The van der Waals surface area contributed by atoms with E-state index in [4.69, 9.17) is 0 Å². The standard InChI is InChI=1S/C25H16BrNO3S/c26-18-7-3-8-19(14-18)27-22(20-9-4-12-31-20)21(24(29)25(27)30)23(28)17-11-10-15-5-1-2-6-16(15)13-17/h1-14,22,28H/b23-21-. The summed E-state index contributed by atoms with van der Waals surface area (Å²) in [6.07, 6.45) is 0. The highest BCUT2D eigenvalue weighted by Crippen LogP contribution is 2.44. The molecule has 1 amide bonds. The van der Waals surface area contributed by atoms with E-state index in [1.807, 2.05) is 66.0 Å². The van der Waals surface area contributed by atoms with E-state index in [1.54, 1.807) is 18.2 Å². The summed E-state index contributed by atoms with van der Waals surface area (Å²) >= 11 is 4.88. The number of fused-ring (bicyclic) bond motifs is 1. The Morgan fingerprint density at radius 1 is 0.903 bits per heavy atom. The summed E-state index contributed by atoms with van der Waals surface area (Å²) in [5, 5.41) is 15.1. The van der Waals surface area contributed by atoms with Gasteiger partial charge in [-0.25, -0.2) is 0 Å². The van der Waals surface area contributed by atoms with Crippen LogP contribution in [0.15, 0.2) is 94.3 Å².